The predicted octanol–water partition coefficient (Wildman–Crippen LogP) is 2.14. The van der Waals surface area contributed by atoms with Gasteiger partial charge in [-0.25, -0.2) is 0 Å². The fourth-order valence-electron chi connectivity index (χ4n) is 2.27. The minimum Gasteiger partial charge on any atom is -0.494 e. The molecular formula is C14H21NO2. The maximum atomic E-state index is 6.39. The second-order valence-electron chi connectivity index (χ2n) is 4.73. The second-order valence-corrected chi connectivity index (χ2v) is 4.73. The summed E-state index contributed by atoms with van der Waals surface area (Å²) in [6.07, 6.45) is 2.77. The van der Waals surface area contributed by atoms with Gasteiger partial charge in [0.15, 0.2) is 0 Å². The Morgan fingerprint density at radius 1 is 1.35 bits per heavy atom. The van der Waals surface area contributed by atoms with Gasteiger partial charge in [-0.05, 0) is 43.9 Å². The molecule has 0 spiro atoms. The Bertz CT molecular complexity index is 359. The lowest BCUT2D eigenvalue weighted by atomic mass is 9.85. The molecule has 0 unspecified atom stereocenters. The highest BCUT2D eigenvalue weighted by Crippen LogP contribution is 2.24. The van der Waals surface area contributed by atoms with Crippen molar-refractivity contribution in [2.24, 2.45) is 5.73 Å². The zero-order valence-electron chi connectivity index (χ0n) is 10.4. The number of ether oxygens (including phenoxy) is 2. The van der Waals surface area contributed by atoms with Crippen molar-refractivity contribution < 1.29 is 9.47 Å². The summed E-state index contributed by atoms with van der Waals surface area (Å²) in [7, 11) is 0. The van der Waals surface area contributed by atoms with Crippen LogP contribution in [0.3, 0.4) is 0 Å². The third kappa shape index (κ3) is 3.45. The largest absolute Gasteiger partial charge is 0.494 e. The van der Waals surface area contributed by atoms with E-state index in [1.54, 1.807) is 0 Å². The van der Waals surface area contributed by atoms with Crippen LogP contribution in [-0.2, 0) is 11.2 Å². The number of rotatable bonds is 4. The van der Waals surface area contributed by atoms with Gasteiger partial charge >= 0.3 is 0 Å². The summed E-state index contributed by atoms with van der Waals surface area (Å²) < 4.78 is 10.9. The first-order valence-electron chi connectivity index (χ1n) is 6.30. The molecule has 2 N–H and O–H groups in total. The first kappa shape index (κ1) is 12.4. The van der Waals surface area contributed by atoms with Gasteiger partial charge in [0, 0.05) is 18.8 Å². The topological polar surface area (TPSA) is 44.5 Å². The lowest BCUT2D eigenvalue weighted by molar-refractivity contribution is 0.0533. The number of hydrogen-bond donors (Lipinski definition) is 1. The van der Waals surface area contributed by atoms with E-state index in [2.05, 4.69) is 12.1 Å². The van der Waals surface area contributed by atoms with Gasteiger partial charge in [-0.1, -0.05) is 12.1 Å². The van der Waals surface area contributed by atoms with Gasteiger partial charge in [-0.2, -0.15) is 0 Å². The van der Waals surface area contributed by atoms with Gasteiger partial charge in [-0.3, -0.25) is 0 Å². The summed E-state index contributed by atoms with van der Waals surface area (Å²) >= 11 is 0. The highest BCUT2D eigenvalue weighted by Gasteiger charge is 2.28. The fourth-order valence-corrected chi connectivity index (χ4v) is 2.27. The molecule has 1 heterocycles. The Kier molecular flexibility index (Phi) is 4.02. The summed E-state index contributed by atoms with van der Waals surface area (Å²) in [6.45, 7) is 4.25. The molecule has 1 aliphatic heterocycles. The van der Waals surface area contributed by atoms with Crippen LogP contribution in [0.4, 0.5) is 0 Å². The molecule has 1 aromatic carbocycles. The van der Waals surface area contributed by atoms with Gasteiger partial charge in [-0.15, -0.1) is 0 Å². The molecule has 94 valence electrons. The monoisotopic (exact) mass is 235 g/mol. The molecule has 0 aliphatic carbocycles. The van der Waals surface area contributed by atoms with Crippen LogP contribution in [0.15, 0.2) is 24.3 Å². The Balaban J connectivity index is 2.04. The van der Waals surface area contributed by atoms with E-state index >= 15 is 0 Å². The van der Waals surface area contributed by atoms with Crippen LogP contribution in [-0.4, -0.2) is 25.4 Å². The van der Waals surface area contributed by atoms with Crippen LogP contribution in [0, 0.1) is 0 Å². The second kappa shape index (κ2) is 5.52. The van der Waals surface area contributed by atoms with E-state index in [0.717, 1.165) is 38.2 Å². The normalized spacial score (nSPS) is 18.9. The van der Waals surface area contributed by atoms with Crippen molar-refractivity contribution in [2.45, 2.75) is 31.7 Å². The first-order valence-corrected chi connectivity index (χ1v) is 6.30. The van der Waals surface area contributed by atoms with Crippen molar-refractivity contribution in [3.8, 4) is 5.75 Å². The van der Waals surface area contributed by atoms with Crippen molar-refractivity contribution in [3.63, 3.8) is 0 Å². The van der Waals surface area contributed by atoms with Gasteiger partial charge in [0.1, 0.15) is 5.75 Å². The van der Waals surface area contributed by atoms with Crippen molar-refractivity contribution in [2.75, 3.05) is 19.8 Å². The summed E-state index contributed by atoms with van der Waals surface area (Å²) in [5, 5.41) is 0. The summed E-state index contributed by atoms with van der Waals surface area (Å²) in [5.41, 5.74) is 7.54. The molecule has 3 nitrogen and oxygen atoms in total. The third-order valence-electron chi connectivity index (χ3n) is 3.25. The molecule has 1 saturated heterocycles. The van der Waals surface area contributed by atoms with Crippen LogP contribution in [0.2, 0.25) is 0 Å². The van der Waals surface area contributed by atoms with Crippen molar-refractivity contribution in [1.82, 2.24) is 0 Å². The Hall–Kier alpha value is -1.06. The Morgan fingerprint density at radius 3 is 2.82 bits per heavy atom. The van der Waals surface area contributed by atoms with Gasteiger partial charge in [0.2, 0.25) is 0 Å². The van der Waals surface area contributed by atoms with Crippen LogP contribution >= 0.6 is 0 Å². The lowest BCUT2D eigenvalue weighted by Crippen LogP contribution is -2.46. The quantitative estimate of drug-likeness (QED) is 0.869. The average molecular weight is 235 g/mol. The Morgan fingerprint density at radius 2 is 2.12 bits per heavy atom. The SMILES string of the molecule is CCOc1cccc(CC2(N)CCOCC2)c1. The minimum absolute atomic E-state index is 0.108. The molecule has 17 heavy (non-hydrogen) atoms. The highest BCUT2D eigenvalue weighted by atomic mass is 16.5. The average Bonchev–Trinajstić information content (AvgIpc) is 2.30. The van der Waals surface area contributed by atoms with Gasteiger partial charge in [0.05, 0.1) is 6.61 Å². The number of hydrogen-bond acceptors (Lipinski definition) is 3. The minimum atomic E-state index is -0.108. The molecular weight excluding hydrogens is 214 g/mol. The maximum absolute atomic E-state index is 6.39. The molecule has 0 saturated carbocycles. The molecule has 0 amide bonds. The van der Waals surface area contributed by atoms with Crippen LogP contribution in [0.1, 0.15) is 25.3 Å². The highest BCUT2D eigenvalue weighted by molar-refractivity contribution is 5.29. The number of nitrogens with two attached hydrogens (primary N) is 1. The smallest absolute Gasteiger partial charge is 0.119 e. The number of benzene rings is 1. The van der Waals surface area contributed by atoms with Crippen LogP contribution in [0.25, 0.3) is 0 Å². The molecule has 3 heteroatoms. The standard InChI is InChI=1S/C14H21NO2/c1-2-17-13-5-3-4-12(10-13)11-14(15)6-8-16-9-7-14/h3-5,10H,2,6-9,11,15H2,1H3. The van der Waals surface area contributed by atoms with E-state index in [1.807, 2.05) is 19.1 Å². The molecule has 0 aromatic heterocycles. The summed E-state index contributed by atoms with van der Waals surface area (Å²) in [5.74, 6) is 0.931. The van der Waals surface area contributed by atoms with E-state index in [0.29, 0.717) is 6.61 Å². The van der Waals surface area contributed by atoms with Crippen molar-refractivity contribution in [3.05, 3.63) is 29.8 Å². The molecule has 2 rings (SSSR count). The van der Waals surface area contributed by atoms with E-state index in [9.17, 15) is 0 Å². The van der Waals surface area contributed by atoms with E-state index in [4.69, 9.17) is 15.2 Å². The fraction of sp³-hybridized carbons (Fsp3) is 0.571. The molecule has 0 bridgehead atoms. The van der Waals surface area contributed by atoms with Gasteiger partial charge < -0.3 is 15.2 Å². The third-order valence-corrected chi connectivity index (χ3v) is 3.25. The lowest BCUT2D eigenvalue weighted by Gasteiger charge is -2.33. The van der Waals surface area contributed by atoms with E-state index in [1.165, 1.54) is 5.56 Å². The molecule has 1 aromatic rings. The Labute approximate surface area is 103 Å². The van der Waals surface area contributed by atoms with Gasteiger partial charge in [0.25, 0.3) is 0 Å². The van der Waals surface area contributed by atoms with Crippen LogP contribution < -0.4 is 10.5 Å². The maximum Gasteiger partial charge on any atom is 0.119 e. The molecule has 1 fully saturated rings. The molecule has 0 atom stereocenters. The zero-order valence-corrected chi connectivity index (χ0v) is 10.4. The van der Waals surface area contributed by atoms with Crippen LogP contribution in [0.5, 0.6) is 5.75 Å². The predicted molar refractivity (Wildman–Crippen MR) is 68.3 cm³/mol. The summed E-state index contributed by atoms with van der Waals surface area (Å²) in [4.78, 5) is 0. The molecule has 0 radical (unpaired) electrons. The van der Waals surface area contributed by atoms with Crippen molar-refractivity contribution >= 4 is 0 Å². The summed E-state index contributed by atoms with van der Waals surface area (Å²) in [6, 6.07) is 8.23. The zero-order chi connectivity index (χ0) is 12.1. The van der Waals surface area contributed by atoms with E-state index in [-0.39, 0.29) is 5.54 Å². The molecule has 1 aliphatic rings. The van der Waals surface area contributed by atoms with E-state index < -0.39 is 0 Å². The first-order chi connectivity index (χ1) is 8.22. The van der Waals surface area contributed by atoms with Crippen molar-refractivity contribution in [1.29, 1.82) is 0 Å².